The van der Waals surface area contributed by atoms with E-state index in [1.807, 2.05) is 20.8 Å². The highest BCUT2D eigenvalue weighted by atomic mass is 16.5. The second-order valence-corrected chi connectivity index (χ2v) is 3.84. The first kappa shape index (κ1) is 12.3. The first-order chi connectivity index (χ1) is 7.61. The van der Waals surface area contributed by atoms with E-state index in [1.54, 1.807) is 12.3 Å². The van der Waals surface area contributed by atoms with Crippen LogP contribution in [-0.4, -0.2) is 22.1 Å². The maximum Gasteiger partial charge on any atom is 0.226 e. The van der Waals surface area contributed by atoms with Gasteiger partial charge in [0.05, 0.1) is 6.10 Å². The summed E-state index contributed by atoms with van der Waals surface area (Å²) in [4.78, 5) is 8.32. The molecule has 16 heavy (non-hydrogen) atoms. The molecule has 0 aliphatic rings. The normalized spacial score (nSPS) is 11.9. The van der Waals surface area contributed by atoms with Crippen LogP contribution in [0.1, 0.15) is 27.2 Å². The summed E-state index contributed by atoms with van der Waals surface area (Å²) >= 11 is 0. The molecule has 4 heteroatoms. The summed E-state index contributed by atoms with van der Waals surface area (Å²) in [7, 11) is 0. The number of hydrogen-bond donors (Lipinski definition) is 1. The maximum absolute atomic E-state index is 5.46. The van der Waals surface area contributed by atoms with Gasteiger partial charge in [0.25, 0.3) is 0 Å². The molecule has 1 atom stereocenters. The zero-order valence-corrected chi connectivity index (χ0v) is 9.90. The molecule has 0 aliphatic carbocycles. The van der Waals surface area contributed by atoms with E-state index in [0.29, 0.717) is 18.2 Å². The molecule has 0 saturated carbocycles. The van der Waals surface area contributed by atoms with Gasteiger partial charge in [0, 0.05) is 24.7 Å². The van der Waals surface area contributed by atoms with Crippen molar-refractivity contribution in [2.75, 3.05) is 5.32 Å². The largest absolute Gasteiger partial charge is 0.475 e. The third kappa shape index (κ3) is 4.18. The van der Waals surface area contributed by atoms with Crippen LogP contribution in [0.25, 0.3) is 0 Å². The molecular weight excluding hydrogens is 202 g/mol. The number of aromatic nitrogens is 2. The van der Waals surface area contributed by atoms with E-state index in [2.05, 4.69) is 21.2 Å². The highest BCUT2D eigenvalue weighted by Gasteiger charge is 2.05. The lowest BCUT2D eigenvalue weighted by molar-refractivity contribution is 0.232. The van der Waals surface area contributed by atoms with Crippen LogP contribution in [0.2, 0.25) is 0 Å². The second kappa shape index (κ2) is 5.96. The number of terminal acetylenes is 1. The average molecular weight is 219 g/mol. The molecule has 0 amide bonds. The van der Waals surface area contributed by atoms with Gasteiger partial charge in [0.1, 0.15) is 0 Å². The van der Waals surface area contributed by atoms with E-state index in [-0.39, 0.29) is 12.1 Å². The summed E-state index contributed by atoms with van der Waals surface area (Å²) in [5.41, 5.74) is 0. The molecule has 86 valence electrons. The predicted octanol–water partition coefficient (Wildman–Crippen LogP) is 2.09. The Kier molecular flexibility index (Phi) is 4.59. The first-order valence-electron chi connectivity index (χ1n) is 5.31. The maximum atomic E-state index is 5.46. The van der Waals surface area contributed by atoms with Crippen LogP contribution in [0.5, 0.6) is 5.88 Å². The summed E-state index contributed by atoms with van der Waals surface area (Å²) in [6.45, 7) is 5.89. The van der Waals surface area contributed by atoms with Gasteiger partial charge >= 0.3 is 0 Å². The predicted molar refractivity (Wildman–Crippen MR) is 64.3 cm³/mol. The van der Waals surface area contributed by atoms with E-state index < -0.39 is 0 Å². The molecule has 1 unspecified atom stereocenters. The Morgan fingerprint density at radius 2 is 2.25 bits per heavy atom. The van der Waals surface area contributed by atoms with Crippen molar-refractivity contribution >= 4 is 5.95 Å². The number of anilines is 1. The van der Waals surface area contributed by atoms with Crippen LogP contribution in [0.3, 0.4) is 0 Å². The molecule has 1 aromatic heterocycles. The van der Waals surface area contributed by atoms with Crippen LogP contribution in [-0.2, 0) is 0 Å². The lowest BCUT2D eigenvalue weighted by Crippen LogP contribution is -2.16. The summed E-state index contributed by atoms with van der Waals surface area (Å²) < 4.78 is 5.46. The molecule has 0 aliphatic heterocycles. The minimum atomic E-state index is 0.103. The van der Waals surface area contributed by atoms with Crippen molar-refractivity contribution in [1.29, 1.82) is 0 Å². The standard InChI is InChI=1S/C12H17N3O/c1-5-6-10(4)14-12-13-8-7-11(15-12)16-9(2)3/h1,7-10H,6H2,2-4H3,(H,13,14,15). The lowest BCUT2D eigenvalue weighted by atomic mass is 10.2. The number of nitrogens with zero attached hydrogens (tertiary/aromatic N) is 2. The zero-order chi connectivity index (χ0) is 12.0. The fourth-order valence-corrected chi connectivity index (χ4v) is 1.17. The molecule has 1 rings (SSSR count). The Bertz CT molecular complexity index is 371. The first-order valence-corrected chi connectivity index (χ1v) is 5.31. The molecule has 1 N–H and O–H groups in total. The molecule has 0 fully saturated rings. The van der Waals surface area contributed by atoms with Gasteiger partial charge in [-0.25, -0.2) is 4.98 Å². The van der Waals surface area contributed by atoms with Gasteiger partial charge in [-0.1, -0.05) is 0 Å². The average Bonchev–Trinajstić information content (AvgIpc) is 2.17. The van der Waals surface area contributed by atoms with E-state index in [9.17, 15) is 0 Å². The van der Waals surface area contributed by atoms with Crippen molar-refractivity contribution < 1.29 is 4.74 Å². The molecule has 0 saturated heterocycles. The van der Waals surface area contributed by atoms with Gasteiger partial charge < -0.3 is 10.1 Å². The summed E-state index contributed by atoms with van der Waals surface area (Å²) in [5, 5.41) is 3.11. The minimum absolute atomic E-state index is 0.103. The molecule has 0 aromatic carbocycles. The Morgan fingerprint density at radius 1 is 1.50 bits per heavy atom. The second-order valence-electron chi connectivity index (χ2n) is 3.84. The van der Waals surface area contributed by atoms with Gasteiger partial charge in [-0.05, 0) is 20.8 Å². The molecule has 0 spiro atoms. The third-order valence-corrected chi connectivity index (χ3v) is 1.79. The number of rotatable bonds is 5. The van der Waals surface area contributed by atoms with Gasteiger partial charge in [-0.15, -0.1) is 12.3 Å². The Morgan fingerprint density at radius 3 is 2.88 bits per heavy atom. The summed E-state index contributed by atoms with van der Waals surface area (Å²) in [6, 6.07) is 1.89. The van der Waals surface area contributed by atoms with Crippen molar-refractivity contribution in [3.05, 3.63) is 12.3 Å². The minimum Gasteiger partial charge on any atom is -0.475 e. The van der Waals surface area contributed by atoms with Crippen molar-refractivity contribution in [2.45, 2.75) is 39.3 Å². The van der Waals surface area contributed by atoms with E-state index in [4.69, 9.17) is 11.2 Å². The molecular formula is C12H17N3O. The van der Waals surface area contributed by atoms with Crippen molar-refractivity contribution in [2.24, 2.45) is 0 Å². The van der Waals surface area contributed by atoms with Gasteiger partial charge in [0.15, 0.2) is 0 Å². The van der Waals surface area contributed by atoms with Crippen molar-refractivity contribution in [1.82, 2.24) is 9.97 Å². The Balaban J connectivity index is 2.64. The third-order valence-electron chi connectivity index (χ3n) is 1.79. The number of hydrogen-bond acceptors (Lipinski definition) is 4. The molecule has 0 radical (unpaired) electrons. The van der Waals surface area contributed by atoms with Gasteiger partial charge in [0.2, 0.25) is 11.8 Å². The SMILES string of the molecule is C#CCC(C)Nc1nccc(OC(C)C)n1. The monoisotopic (exact) mass is 219 g/mol. The topological polar surface area (TPSA) is 47.0 Å². The van der Waals surface area contributed by atoms with Crippen LogP contribution < -0.4 is 10.1 Å². The van der Waals surface area contributed by atoms with Crippen LogP contribution in [0.15, 0.2) is 12.3 Å². The summed E-state index contributed by atoms with van der Waals surface area (Å²) in [6.07, 6.45) is 7.63. The highest BCUT2D eigenvalue weighted by molar-refractivity contribution is 5.29. The lowest BCUT2D eigenvalue weighted by Gasteiger charge is -2.12. The van der Waals surface area contributed by atoms with Crippen LogP contribution in [0, 0.1) is 12.3 Å². The van der Waals surface area contributed by atoms with E-state index >= 15 is 0 Å². The molecule has 1 heterocycles. The molecule has 1 aromatic rings. The fraction of sp³-hybridized carbons (Fsp3) is 0.500. The smallest absolute Gasteiger partial charge is 0.226 e. The van der Waals surface area contributed by atoms with E-state index in [0.717, 1.165) is 0 Å². The number of ether oxygens (including phenoxy) is 1. The molecule has 4 nitrogen and oxygen atoms in total. The van der Waals surface area contributed by atoms with Gasteiger partial charge in [-0.3, -0.25) is 0 Å². The Labute approximate surface area is 96.5 Å². The van der Waals surface area contributed by atoms with Crippen LogP contribution >= 0.6 is 0 Å². The van der Waals surface area contributed by atoms with Gasteiger partial charge in [-0.2, -0.15) is 4.98 Å². The van der Waals surface area contributed by atoms with Crippen LogP contribution in [0.4, 0.5) is 5.95 Å². The van der Waals surface area contributed by atoms with E-state index in [1.165, 1.54) is 0 Å². The Hall–Kier alpha value is -1.76. The van der Waals surface area contributed by atoms with Crippen molar-refractivity contribution in [3.8, 4) is 18.2 Å². The molecule has 0 bridgehead atoms. The number of nitrogens with one attached hydrogen (secondary N) is 1. The quantitative estimate of drug-likeness (QED) is 0.770. The van der Waals surface area contributed by atoms with Crippen molar-refractivity contribution in [3.63, 3.8) is 0 Å². The fourth-order valence-electron chi connectivity index (χ4n) is 1.17. The zero-order valence-electron chi connectivity index (χ0n) is 9.90. The summed E-state index contributed by atoms with van der Waals surface area (Å²) in [5.74, 6) is 3.70. The highest BCUT2D eigenvalue weighted by Crippen LogP contribution is 2.11.